The van der Waals surface area contributed by atoms with Gasteiger partial charge in [0.2, 0.25) is 5.91 Å². The number of carbonyl (C=O) groups is 1. The smallest absolute Gasteiger partial charge is 0.222 e. The van der Waals surface area contributed by atoms with Crippen LogP contribution in [0.25, 0.3) is 0 Å². The second-order valence-corrected chi connectivity index (χ2v) is 6.16. The fraction of sp³-hybridized carbons (Fsp3) is 0.923. The van der Waals surface area contributed by atoms with E-state index in [1.54, 1.807) is 0 Å². The summed E-state index contributed by atoms with van der Waals surface area (Å²) < 4.78 is 0. The highest BCUT2D eigenvalue weighted by atomic mass is 79.9. The van der Waals surface area contributed by atoms with Gasteiger partial charge in [0.05, 0.1) is 0 Å². The molecule has 1 unspecified atom stereocenters. The van der Waals surface area contributed by atoms with E-state index >= 15 is 0 Å². The van der Waals surface area contributed by atoms with Gasteiger partial charge in [-0.25, -0.2) is 0 Å². The summed E-state index contributed by atoms with van der Waals surface area (Å²) >= 11 is 3.44. The Morgan fingerprint density at radius 2 is 2.06 bits per heavy atom. The maximum atomic E-state index is 11.7. The molecule has 0 bridgehead atoms. The minimum absolute atomic E-state index is 0.150. The van der Waals surface area contributed by atoms with E-state index < -0.39 is 0 Å². The third kappa shape index (κ3) is 7.26. The summed E-state index contributed by atoms with van der Waals surface area (Å²) in [5.41, 5.74) is 0.204. The van der Waals surface area contributed by atoms with Gasteiger partial charge in [0.25, 0.3) is 0 Å². The zero-order valence-electron chi connectivity index (χ0n) is 11.1. The van der Waals surface area contributed by atoms with Crippen molar-refractivity contribution in [1.29, 1.82) is 0 Å². The van der Waals surface area contributed by atoms with Crippen LogP contribution >= 0.6 is 15.9 Å². The lowest BCUT2D eigenvalue weighted by Crippen LogP contribution is -2.37. The Morgan fingerprint density at radius 1 is 1.44 bits per heavy atom. The van der Waals surface area contributed by atoms with Gasteiger partial charge in [-0.15, -0.1) is 0 Å². The molecule has 0 radical (unpaired) electrons. The Bertz CT molecular complexity index is 204. The number of nitrogens with one attached hydrogen (secondary N) is 1. The normalized spacial score (nSPS) is 13.6. The van der Waals surface area contributed by atoms with Crippen LogP contribution < -0.4 is 5.32 Å². The number of amides is 1. The molecule has 1 atom stereocenters. The van der Waals surface area contributed by atoms with Crippen LogP contribution in [-0.4, -0.2) is 17.8 Å². The highest BCUT2D eigenvalue weighted by molar-refractivity contribution is 9.09. The Kier molecular flexibility index (Phi) is 8.08. The summed E-state index contributed by atoms with van der Waals surface area (Å²) in [4.78, 5) is 11.7. The van der Waals surface area contributed by atoms with Gasteiger partial charge in [0.1, 0.15) is 0 Å². The van der Waals surface area contributed by atoms with Gasteiger partial charge in [-0.1, -0.05) is 50.0 Å². The summed E-state index contributed by atoms with van der Waals surface area (Å²) in [7, 11) is 0. The molecule has 0 aromatic heterocycles. The van der Waals surface area contributed by atoms with Crippen LogP contribution in [-0.2, 0) is 4.79 Å². The van der Waals surface area contributed by atoms with Crippen LogP contribution in [0.2, 0.25) is 0 Å². The number of halogens is 1. The summed E-state index contributed by atoms with van der Waals surface area (Å²) in [5.74, 6) is 0.353. The Balaban J connectivity index is 3.89. The van der Waals surface area contributed by atoms with Gasteiger partial charge in [-0.2, -0.15) is 0 Å². The molecule has 0 saturated heterocycles. The number of hydrogen-bond donors (Lipinski definition) is 1. The molecule has 0 aliphatic rings. The first-order chi connectivity index (χ1) is 7.43. The monoisotopic (exact) mass is 291 g/mol. The molecule has 0 aliphatic carbocycles. The molecule has 2 nitrogen and oxygen atoms in total. The fourth-order valence-electron chi connectivity index (χ4n) is 1.70. The third-order valence-corrected chi connectivity index (χ3v) is 3.46. The molecule has 0 heterocycles. The van der Waals surface area contributed by atoms with Crippen LogP contribution in [0.1, 0.15) is 53.4 Å². The lowest BCUT2D eigenvalue weighted by Gasteiger charge is -2.25. The average Bonchev–Trinajstić information content (AvgIpc) is 2.23. The van der Waals surface area contributed by atoms with Crippen LogP contribution in [0.15, 0.2) is 0 Å². The van der Waals surface area contributed by atoms with Crippen LogP contribution in [0, 0.1) is 11.3 Å². The highest BCUT2D eigenvalue weighted by Gasteiger charge is 2.19. The van der Waals surface area contributed by atoms with Gasteiger partial charge >= 0.3 is 0 Å². The van der Waals surface area contributed by atoms with Gasteiger partial charge in [0.15, 0.2) is 0 Å². The molecule has 96 valence electrons. The van der Waals surface area contributed by atoms with Crippen LogP contribution in [0.4, 0.5) is 0 Å². The quantitative estimate of drug-likeness (QED) is 0.678. The molecule has 0 aromatic carbocycles. The molecule has 0 rings (SSSR count). The zero-order valence-corrected chi connectivity index (χ0v) is 12.7. The van der Waals surface area contributed by atoms with E-state index in [1.807, 2.05) is 6.92 Å². The minimum atomic E-state index is 0.150. The van der Waals surface area contributed by atoms with Crippen molar-refractivity contribution in [3.05, 3.63) is 0 Å². The summed E-state index contributed by atoms with van der Waals surface area (Å²) in [6.45, 7) is 9.32. The van der Waals surface area contributed by atoms with Crippen molar-refractivity contribution in [1.82, 2.24) is 5.32 Å². The predicted octanol–water partition coefficient (Wildman–Crippen LogP) is 3.74. The Labute approximate surface area is 109 Å². The molecular weight excluding hydrogens is 266 g/mol. The fourth-order valence-corrected chi connectivity index (χ4v) is 1.98. The minimum Gasteiger partial charge on any atom is -0.355 e. The standard InChI is InChI=1S/C13H26BrNO/c1-5-7-11(2)12(16)15-10-13(3,4)8-6-9-14/h11H,5-10H2,1-4H3,(H,15,16). The van der Waals surface area contributed by atoms with Crippen molar-refractivity contribution in [3.8, 4) is 0 Å². The van der Waals surface area contributed by atoms with E-state index in [1.165, 1.54) is 0 Å². The SMILES string of the molecule is CCCC(C)C(=O)NCC(C)(C)CCCBr. The van der Waals surface area contributed by atoms with Crippen molar-refractivity contribution < 1.29 is 4.79 Å². The van der Waals surface area contributed by atoms with Crippen molar-refractivity contribution in [2.75, 3.05) is 11.9 Å². The van der Waals surface area contributed by atoms with Crippen molar-refractivity contribution in [2.24, 2.45) is 11.3 Å². The van der Waals surface area contributed by atoms with Crippen molar-refractivity contribution in [2.45, 2.75) is 53.4 Å². The van der Waals surface area contributed by atoms with E-state index in [0.29, 0.717) is 0 Å². The summed E-state index contributed by atoms with van der Waals surface area (Å²) in [6, 6.07) is 0. The van der Waals surface area contributed by atoms with Gasteiger partial charge < -0.3 is 5.32 Å². The first-order valence-corrected chi connectivity index (χ1v) is 7.38. The first-order valence-electron chi connectivity index (χ1n) is 6.26. The van der Waals surface area contributed by atoms with E-state index in [0.717, 1.165) is 37.6 Å². The maximum Gasteiger partial charge on any atom is 0.222 e. The van der Waals surface area contributed by atoms with E-state index in [2.05, 4.69) is 42.0 Å². The molecule has 0 aromatic rings. The lowest BCUT2D eigenvalue weighted by molar-refractivity contribution is -0.125. The molecule has 1 amide bonds. The second-order valence-electron chi connectivity index (χ2n) is 5.36. The number of rotatable bonds is 8. The van der Waals surface area contributed by atoms with E-state index in [9.17, 15) is 4.79 Å². The van der Waals surface area contributed by atoms with Crippen LogP contribution in [0.5, 0.6) is 0 Å². The second kappa shape index (κ2) is 8.10. The average molecular weight is 292 g/mol. The van der Waals surface area contributed by atoms with Gasteiger partial charge in [-0.3, -0.25) is 4.79 Å². The Morgan fingerprint density at radius 3 is 2.56 bits per heavy atom. The van der Waals surface area contributed by atoms with E-state index in [-0.39, 0.29) is 17.2 Å². The molecule has 3 heteroatoms. The summed E-state index contributed by atoms with van der Waals surface area (Å²) in [5, 5.41) is 4.10. The van der Waals surface area contributed by atoms with Gasteiger partial charge in [-0.05, 0) is 24.7 Å². The maximum absolute atomic E-state index is 11.7. The molecule has 0 spiro atoms. The lowest BCUT2D eigenvalue weighted by atomic mass is 9.88. The third-order valence-electron chi connectivity index (χ3n) is 2.90. The molecule has 16 heavy (non-hydrogen) atoms. The van der Waals surface area contributed by atoms with E-state index in [4.69, 9.17) is 0 Å². The highest BCUT2D eigenvalue weighted by Crippen LogP contribution is 2.21. The first kappa shape index (κ1) is 16.0. The molecule has 0 saturated carbocycles. The zero-order chi connectivity index (χ0) is 12.6. The van der Waals surface area contributed by atoms with Gasteiger partial charge in [0, 0.05) is 17.8 Å². The Hall–Kier alpha value is -0.0500. The molecular formula is C13H26BrNO. The predicted molar refractivity (Wildman–Crippen MR) is 73.9 cm³/mol. The molecule has 1 N–H and O–H groups in total. The topological polar surface area (TPSA) is 29.1 Å². The molecule has 0 fully saturated rings. The summed E-state index contributed by atoms with van der Waals surface area (Å²) in [6.07, 6.45) is 4.35. The van der Waals surface area contributed by atoms with Crippen molar-refractivity contribution in [3.63, 3.8) is 0 Å². The van der Waals surface area contributed by atoms with Crippen molar-refractivity contribution >= 4 is 21.8 Å². The number of hydrogen-bond acceptors (Lipinski definition) is 1. The number of alkyl halides is 1. The van der Waals surface area contributed by atoms with Crippen LogP contribution in [0.3, 0.4) is 0 Å². The molecule has 0 aliphatic heterocycles. The number of carbonyl (C=O) groups excluding carboxylic acids is 1. The largest absolute Gasteiger partial charge is 0.355 e.